The van der Waals surface area contributed by atoms with Crippen LogP contribution in [0.2, 0.25) is 0 Å². The van der Waals surface area contributed by atoms with Crippen LogP contribution in [0.1, 0.15) is 111 Å². The predicted molar refractivity (Wildman–Crippen MR) is 185 cm³/mol. The molecule has 0 spiro atoms. The minimum atomic E-state index is -1.90. The van der Waals surface area contributed by atoms with E-state index in [2.05, 4.69) is 0 Å². The Morgan fingerprint density at radius 2 is 0.694 bits per heavy atom. The fourth-order valence-corrected chi connectivity index (χ4v) is 11.5. The average molecular weight is 779 g/mol. The minimum absolute atomic E-state index is 0.00335. The molecule has 0 aromatic carbocycles. The second-order valence-corrected chi connectivity index (χ2v) is 21.1. The van der Waals surface area contributed by atoms with Gasteiger partial charge in [-0.2, -0.15) is 0 Å². The van der Waals surface area contributed by atoms with Gasteiger partial charge in [-0.25, -0.2) is 0 Å². The molecule has 0 amide bonds. The largest absolute Gasteiger partial charge is 0.353 e. The van der Waals surface area contributed by atoms with Gasteiger partial charge in [-0.1, -0.05) is 0 Å². The van der Waals surface area contributed by atoms with Gasteiger partial charge in [0, 0.05) is 7.11 Å². The van der Waals surface area contributed by atoms with Gasteiger partial charge in [-0.05, 0) is 111 Å². The molecule has 14 nitrogen and oxygen atoms in total. The van der Waals surface area contributed by atoms with Crippen LogP contribution in [0.25, 0.3) is 0 Å². The Morgan fingerprint density at radius 1 is 0.408 bits per heavy atom. The quantitative estimate of drug-likeness (QED) is 0.196. The van der Waals surface area contributed by atoms with Crippen LogP contribution in [-0.4, -0.2) is 89.2 Å². The van der Waals surface area contributed by atoms with Crippen LogP contribution >= 0.6 is 34.4 Å². The van der Waals surface area contributed by atoms with Crippen LogP contribution in [0.4, 0.5) is 0 Å². The highest BCUT2D eigenvalue weighted by Crippen LogP contribution is 2.65. The Balaban J connectivity index is 1.48. The van der Waals surface area contributed by atoms with E-state index in [0.29, 0.717) is 0 Å². The van der Waals surface area contributed by atoms with Crippen molar-refractivity contribution in [1.29, 1.82) is 0 Å². The number of hydrogen-bond donors (Lipinski definition) is 0. The number of hydrogen-bond acceptors (Lipinski definition) is 14. The first-order chi connectivity index (χ1) is 22.1. The zero-order chi connectivity index (χ0) is 36.8. The average Bonchev–Trinajstić information content (AvgIpc) is 3.44. The predicted octanol–water partition coefficient (Wildman–Crippen LogP) is 8.85. The molecule has 0 N–H and O–H groups in total. The van der Waals surface area contributed by atoms with Crippen molar-refractivity contribution < 1.29 is 63.8 Å². The molecule has 5 fully saturated rings. The number of methoxy groups -OCH3 is 1. The van der Waals surface area contributed by atoms with Crippen molar-refractivity contribution in [1.82, 2.24) is 0 Å². The van der Waals surface area contributed by atoms with Gasteiger partial charge >= 0.3 is 34.4 Å². The SMILES string of the molecule is CO[C@H]1O[C@H](COP2OC(C)(C)C(C)(C)O2)[C@@H](OP2OC(C)(C)C(C)(C)O2)[C@H](OP2OC(C)(C)C(C)(C)O2)[C@@H]1OP1OC(C)(C)C(C)(C)O1. The van der Waals surface area contributed by atoms with Crippen LogP contribution in [0.5, 0.6) is 0 Å². The van der Waals surface area contributed by atoms with Crippen molar-refractivity contribution in [2.24, 2.45) is 0 Å². The third-order valence-corrected chi connectivity index (χ3v) is 17.5. The van der Waals surface area contributed by atoms with Crippen LogP contribution in [0.3, 0.4) is 0 Å². The molecule has 49 heavy (non-hydrogen) atoms. The highest BCUT2D eigenvalue weighted by Gasteiger charge is 2.61. The molecule has 5 heterocycles. The molecule has 0 aromatic heterocycles. The van der Waals surface area contributed by atoms with E-state index in [4.69, 9.17) is 63.8 Å². The molecule has 18 heteroatoms. The second-order valence-electron chi connectivity index (χ2n) is 17.0. The summed E-state index contributed by atoms with van der Waals surface area (Å²) in [5.74, 6) is 0. The first-order valence-corrected chi connectivity index (χ1v) is 21.1. The fourth-order valence-electron chi connectivity index (χ4n) is 4.62. The minimum Gasteiger partial charge on any atom is -0.353 e. The monoisotopic (exact) mass is 778 g/mol. The first-order valence-electron chi connectivity index (χ1n) is 16.7. The molecule has 5 aliphatic heterocycles. The van der Waals surface area contributed by atoms with E-state index in [1.807, 2.05) is 111 Å². The summed E-state index contributed by atoms with van der Waals surface area (Å²) < 4.78 is 89.3. The van der Waals surface area contributed by atoms with Crippen molar-refractivity contribution in [3.05, 3.63) is 0 Å². The van der Waals surface area contributed by atoms with Gasteiger partial charge < -0.3 is 63.8 Å². The summed E-state index contributed by atoms with van der Waals surface area (Å²) in [6.07, 6.45) is -4.49. The molecule has 0 radical (unpaired) electrons. The van der Waals surface area contributed by atoms with Gasteiger partial charge in [-0.3, -0.25) is 0 Å². The molecule has 0 unspecified atom stereocenters. The van der Waals surface area contributed by atoms with Gasteiger partial charge in [0.1, 0.15) is 69.2 Å². The lowest BCUT2D eigenvalue weighted by Gasteiger charge is -2.45. The smallest absolute Gasteiger partial charge is 0.334 e. The van der Waals surface area contributed by atoms with E-state index in [1.165, 1.54) is 7.11 Å². The summed E-state index contributed by atoms with van der Waals surface area (Å²) in [7, 11) is -5.84. The molecule has 0 bridgehead atoms. The first kappa shape index (κ1) is 41.3. The Labute approximate surface area is 297 Å². The Bertz CT molecular complexity index is 1130. The van der Waals surface area contributed by atoms with E-state index in [1.54, 1.807) is 0 Å². The lowest BCUT2D eigenvalue weighted by atomic mass is 9.90. The summed E-state index contributed by atoms with van der Waals surface area (Å²) in [5.41, 5.74) is -4.99. The lowest BCUT2D eigenvalue weighted by molar-refractivity contribution is -0.281. The second kappa shape index (κ2) is 13.7. The topological polar surface area (TPSA) is 129 Å². The summed E-state index contributed by atoms with van der Waals surface area (Å²) in [5, 5.41) is 0. The summed E-state index contributed by atoms with van der Waals surface area (Å²) in [4.78, 5) is 0. The van der Waals surface area contributed by atoms with Crippen molar-refractivity contribution in [2.75, 3.05) is 13.7 Å². The van der Waals surface area contributed by atoms with E-state index in [9.17, 15) is 0 Å². The zero-order valence-electron chi connectivity index (χ0n) is 32.1. The van der Waals surface area contributed by atoms with Gasteiger partial charge in [0.05, 0.1) is 6.61 Å². The molecular weight excluding hydrogens is 720 g/mol. The highest BCUT2D eigenvalue weighted by atomic mass is 31.2. The van der Waals surface area contributed by atoms with E-state index < -0.39 is 110 Å². The maximum Gasteiger partial charge on any atom is 0.334 e. The summed E-state index contributed by atoms with van der Waals surface area (Å²) in [6.45, 7) is 31.5. The molecular formula is C31H58O14P4. The van der Waals surface area contributed by atoms with Gasteiger partial charge in [0.25, 0.3) is 0 Å². The maximum absolute atomic E-state index is 6.77. The standard InChI is InChI=1S/C31H58O14P4/c1-24(2)25(3,4)39-46(38-24)33-18-19-20(35-47-40-26(5,6)27(7,8)41-47)21(36-48-42-28(9,10)29(11,12)43-48)22(23(32-17)34-19)37-49-44-30(13,14)31(15,16)45-49/h19-23H,18H2,1-17H3/t19-,20-,21+,22+,23+/m1/s1. The van der Waals surface area contributed by atoms with Gasteiger partial charge in [0.15, 0.2) is 6.29 Å². The van der Waals surface area contributed by atoms with E-state index >= 15 is 0 Å². The lowest BCUT2D eigenvalue weighted by Crippen LogP contribution is -2.60. The highest BCUT2D eigenvalue weighted by molar-refractivity contribution is 7.43. The van der Waals surface area contributed by atoms with Crippen molar-refractivity contribution >= 4 is 34.4 Å². The normalized spacial score (nSPS) is 38.0. The van der Waals surface area contributed by atoms with Crippen LogP contribution < -0.4 is 0 Å². The van der Waals surface area contributed by atoms with Crippen molar-refractivity contribution in [2.45, 2.75) is 186 Å². The molecule has 0 aromatic rings. The Kier molecular flexibility index (Phi) is 11.6. The van der Waals surface area contributed by atoms with E-state index in [-0.39, 0.29) is 6.61 Å². The van der Waals surface area contributed by atoms with Crippen LogP contribution in [0.15, 0.2) is 0 Å². The number of ether oxygens (including phenoxy) is 2. The molecule has 0 saturated carbocycles. The Hall–Kier alpha value is 1.16. The van der Waals surface area contributed by atoms with Crippen LogP contribution in [-0.2, 0) is 63.8 Å². The molecule has 5 atom stereocenters. The third-order valence-electron chi connectivity index (χ3n) is 11.0. The van der Waals surface area contributed by atoms with E-state index in [0.717, 1.165) is 0 Å². The maximum atomic E-state index is 6.77. The molecule has 0 aliphatic carbocycles. The van der Waals surface area contributed by atoms with Crippen molar-refractivity contribution in [3.63, 3.8) is 0 Å². The molecule has 5 saturated heterocycles. The third kappa shape index (κ3) is 8.10. The summed E-state index contributed by atoms with van der Waals surface area (Å²) >= 11 is 0. The molecule has 5 rings (SSSR count). The summed E-state index contributed by atoms with van der Waals surface area (Å²) in [6, 6.07) is 0. The molecule has 5 aliphatic rings. The molecule has 286 valence electrons. The zero-order valence-corrected chi connectivity index (χ0v) is 35.7. The fraction of sp³-hybridized carbons (Fsp3) is 1.00. The van der Waals surface area contributed by atoms with Crippen molar-refractivity contribution in [3.8, 4) is 0 Å². The van der Waals surface area contributed by atoms with Gasteiger partial charge in [-0.15, -0.1) is 0 Å². The Morgan fingerprint density at radius 3 is 1.02 bits per heavy atom. The van der Waals surface area contributed by atoms with Gasteiger partial charge in [0.2, 0.25) is 0 Å². The number of rotatable bonds is 10. The van der Waals surface area contributed by atoms with Crippen LogP contribution in [0, 0.1) is 0 Å².